The van der Waals surface area contributed by atoms with Crippen LogP contribution in [0.1, 0.15) is 25.6 Å². The van der Waals surface area contributed by atoms with Crippen molar-refractivity contribution in [3.05, 3.63) is 22.4 Å². The van der Waals surface area contributed by atoms with Crippen LogP contribution in [-0.4, -0.2) is 0 Å². The summed E-state index contributed by atoms with van der Waals surface area (Å²) in [6, 6.07) is 4.29. The molecule has 0 aliphatic heterocycles. The van der Waals surface area contributed by atoms with Gasteiger partial charge in [-0.25, -0.2) is 0 Å². The van der Waals surface area contributed by atoms with Gasteiger partial charge in [-0.2, -0.15) is 0 Å². The van der Waals surface area contributed by atoms with Crippen molar-refractivity contribution < 1.29 is 12.4 Å². The van der Waals surface area contributed by atoms with E-state index in [4.69, 9.17) is 0 Å². The molecule has 0 saturated carbocycles. The van der Waals surface area contributed by atoms with E-state index in [-0.39, 0.29) is 18.6 Å². The van der Waals surface area contributed by atoms with Crippen LogP contribution in [0.25, 0.3) is 0 Å². The Hall–Kier alpha value is -0.0500. The molecule has 4 N–H and O–H groups in total. The highest BCUT2D eigenvalue weighted by Gasteiger charge is 2.13. The maximum atomic E-state index is 2.23. The first kappa shape index (κ1) is 13.5. The number of hydrogen-bond donors (Lipinski definition) is 1. The van der Waals surface area contributed by atoms with Gasteiger partial charge in [-0.3, -0.25) is 0 Å². The third-order valence-electron chi connectivity index (χ3n) is 1.26. The van der Waals surface area contributed by atoms with Gasteiger partial charge in [0.15, 0.2) is 0 Å². The normalized spacial score (nSPS) is 9.73. The molecule has 0 aliphatic carbocycles. The zero-order valence-electron chi connectivity index (χ0n) is 7.52. The van der Waals surface area contributed by atoms with Gasteiger partial charge in [-0.05, 0) is 16.9 Å². The van der Waals surface area contributed by atoms with Gasteiger partial charge in [0, 0.05) is 4.88 Å². The van der Waals surface area contributed by atoms with E-state index < -0.39 is 0 Å². The maximum absolute atomic E-state index is 2.23. The Morgan fingerprint density at radius 3 is 2.00 bits per heavy atom. The fraction of sp³-hybridized carbons (Fsp3) is 0.500. The maximum Gasteiger partial charge on any atom is 0.00987 e. The van der Waals surface area contributed by atoms with Gasteiger partial charge >= 0.3 is 0 Å². The van der Waals surface area contributed by atoms with Crippen LogP contribution in [0, 0.1) is 0 Å². The van der Waals surface area contributed by atoms with Gasteiger partial charge in [0.1, 0.15) is 0 Å². The molecule has 0 aromatic carbocycles. The summed E-state index contributed by atoms with van der Waals surface area (Å²) in [6.07, 6.45) is 0. The second kappa shape index (κ2) is 4.75. The highest BCUT2D eigenvalue weighted by Crippen LogP contribution is 2.25. The SMILES string of the molecule is CC(C)(C)c1cccs1.[Cl-].[NH4+]. The summed E-state index contributed by atoms with van der Waals surface area (Å²) in [7, 11) is 0. The molecule has 11 heavy (non-hydrogen) atoms. The van der Waals surface area contributed by atoms with Crippen LogP contribution < -0.4 is 18.6 Å². The number of halogens is 1. The van der Waals surface area contributed by atoms with E-state index in [1.165, 1.54) is 4.88 Å². The van der Waals surface area contributed by atoms with Gasteiger partial charge < -0.3 is 18.6 Å². The lowest BCUT2D eigenvalue weighted by molar-refractivity contribution is -0.00000275. The van der Waals surface area contributed by atoms with E-state index in [0.29, 0.717) is 5.41 Å². The molecular formula is C8H16ClNS. The Balaban J connectivity index is 0. The lowest BCUT2D eigenvalue weighted by Gasteiger charge is -2.14. The van der Waals surface area contributed by atoms with Gasteiger partial charge in [-0.1, -0.05) is 26.8 Å². The molecule has 0 atom stereocenters. The average molecular weight is 194 g/mol. The van der Waals surface area contributed by atoms with Crippen LogP contribution in [0.3, 0.4) is 0 Å². The molecule has 0 saturated heterocycles. The lowest BCUT2D eigenvalue weighted by Crippen LogP contribution is -3.00. The second-order valence-electron chi connectivity index (χ2n) is 3.23. The van der Waals surface area contributed by atoms with Gasteiger partial charge in [0.2, 0.25) is 0 Å². The molecular weight excluding hydrogens is 178 g/mol. The van der Waals surface area contributed by atoms with Crippen molar-refractivity contribution in [1.82, 2.24) is 6.15 Å². The summed E-state index contributed by atoms with van der Waals surface area (Å²) in [6.45, 7) is 6.70. The van der Waals surface area contributed by atoms with Gasteiger partial charge in [0.25, 0.3) is 0 Å². The molecule has 0 spiro atoms. The fourth-order valence-electron chi connectivity index (χ4n) is 0.705. The third-order valence-corrected chi connectivity index (χ3v) is 2.56. The predicted octanol–water partition coefficient (Wildman–Crippen LogP) is 0.426. The smallest absolute Gasteiger partial charge is 0.00987 e. The summed E-state index contributed by atoms with van der Waals surface area (Å²) >= 11 is 1.83. The Labute approximate surface area is 78.8 Å². The van der Waals surface area contributed by atoms with Crippen molar-refractivity contribution in [1.29, 1.82) is 0 Å². The van der Waals surface area contributed by atoms with E-state index in [1.54, 1.807) is 0 Å². The highest BCUT2D eigenvalue weighted by molar-refractivity contribution is 7.10. The predicted molar refractivity (Wildman–Crippen MR) is 49.0 cm³/mol. The third kappa shape index (κ3) is 3.75. The lowest BCUT2D eigenvalue weighted by atomic mass is 9.95. The highest BCUT2D eigenvalue weighted by atomic mass is 35.5. The monoisotopic (exact) mass is 193 g/mol. The Kier molecular flexibility index (Phi) is 5.85. The van der Waals surface area contributed by atoms with E-state index in [0.717, 1.165) is 0 Å². The molecule has 0 bridgehead atoms. The zero-order valence-corrected chi connectivity index (χ0v) is 9.09. The minimum Gasteiger partial charge on any atom is -1.00 e. The largest absolute Gasteiger partial charge is 1.00 e. The van der Waals surface area contributed by atoms with E-state index >= 15 is 0 Å². The topological polar surface area (TPSA) is 36.5 Å². The molecule has 0 unspecified atom stereocenters. The van der Waals surface area contributed by atoms with E-state index in [1.807, 2.05) is 11.3 Å². The Morgan fingerprint density at radius 1 is 1.27 bits per heavy atom. The first-order valence-electron chi connectivity index (χ1n) is 3.15. The van der Waals surface area contributed by atoms with Gasteiger partial charge in [-0.15, -0.1) is 11.3 Å². The molecule has 66 valence electrons. The molecule has 0 fully saturated rings. The molecule has 0 aliphatic rings. The van der Waals surface area contributed by atoms with Crippen LogP contribution in [0.2, 0.25) is 0 Å². The molecule has 1 rings (SSSR count). The Bertz CT molecular complexity index is 176. The quantitative estimate of drug-likeness (QED) is 0.621. The van der Waals surface area contributed by atoms with Crippen LogP contribution >= 0.6 is 11.3 Å². The summed E-state index contributed by atoms with van der Waals surface area (Å²) in [5, 5.41) is 2.13. The zero-order chi connectivity index (χ0) is 6.91. The fourth-order valence-corrected chi connectivity index (χ4v) is 1.52. The van der Waals surface area contributed by atoms with E-state index in [2.05, 4.69) is 38.3 Å². The molecule has 1 heterocycles. The average Bonchev–Trinajstić information content (AvgIpc) is 2.08. The minimum atomic E-state index is 0. The summed E-state index contributed by atoms with van der Waals surface area (Å²) < 4.78 is 0. The van der Waals surface area contributed by atoms with Crippen LogP contribution in [0.4, 0.5) is 0 Å². The standard InChI is InChI=1S/C8H12S.ClH.H3N/c1-8(2,3)7-5-4-6-9-7;;/h4-6H,1-3H3;1H;1H3. The first-order chi connectivity index (χ1) is 4.11. The Morgan fingerprint density at radius 2 is 1.82 bits per heavy atom. The van der Waals surface area contributed by atoms with Crippen molar-refractivity contribution in [3.63, 3.8) is 0 Å². The second-order valence-corrected chi connectivity index (χ2v) is 4.17. The van der Waals surface area contributed by atoms with Crippen molar-refractivity contribution in [2.45, 2.75) is 26.2 Å². The molecule has 0 amide bonds. The van der Waals surface area contributed by atoms with Crippen molar-refractivity contribution in [2.24, 2.45) is 0 Å². The minimum absolute atomic E-state index is 0. The molecule has 0 radical (unpaired) electrons. The van der Waals surface area contributed by atoms with E-state index in [9.17, 15) is 0 Å². The molecule has 1 aromatic heterocycles. The number of hydrogen-bond acceptors (Lipinski definition) is 1. The van der Waals surface area contributed by atoms with Crippen LogP contribution in [0.5, 0.6) is 0 Å². The van der Waals surface area contributed by atoms with Crippen molar-refractivity contribution >= 4 is 11.3 Å². The summed E-state index contributed by atoms with van der Waals surface area (Å²) in [5.41, 5.74) is 0.341. The summed E-state index contributed by atoms with van der Waals surface area (Å²) in [4.78, 5) is 1.46. The van der Waals surface area contributed by atoms with Crippen molar-refractivity contribution in [2.75, 3.05) is 0 Å². The van der Waals surface area contributed by atoms with Gasteiger partial charge in [0.05, 0.1) is 0 Å². The van der Waals surface area contributed by atoms with Crippen molar-refractivity contribution in [3.8, 4) is 0 Å². The molecule has 1 aromatic rings. The van der Waals surface area contributed by atoms with Crippen LogP contribution in [-0.2, 0) is 5.41 Å². The number of quaternary nitrogens is 1. The summed E-state index contributed by atoms with van der Waals surface area (Å²) in [5.74, 6) is 0. The molecule has 3 heteroatoms. The first-order valence-corrected chi connectivity index (χ1v) is 4.02. The number of rotatable bonds is 0. The van der Waals surface area contributed by atoms with Crippen LogP contribution in [0.15, 0.2) is 17.5 Å². The molecule has 1 nitrogen and oxygen atoms in total. The number of thiophene rings is 1.